The van der Waals surface area contributed by atoms with Crippen molar-refractivity contribution in [3.8, 4) is 22.5 Å². The van der Waals surface area contributed by atoms with E-state index in [9.17, 15) is 34.5 Å². The van der Waals surface area contributed by atoms with Crippen molar-refractivity contribution in [3.05, 3.63) is 108 Å². The lowest BCUT2D eigenvalue weighted by Crippen LogP contribution is -2.30. The van der Waals surface area contributed by atoms with Crippen molar-refractivity contribution >= 4 is 14.5 Å². The molecule has 0 aliphatic rings. The van der Waals surface area contributed by atoms with Gasteiger partial charge in [0, 0.05) is 48.5 Å². The molecule has 12 heteroatoms. The van der Waals surface area contributed by atoms with Crippen LogP contribution in [0.1, 0.15) is 22.3 Å². The molecule has 2 heterocycles. The van der Waals surface area contributed by atoms with Gasteiger partial charge in [-0.05, 0) is 61.1 Å². The van der Waals surface area contributed by atoms with Crippen LogP contribution in [-0.2, 0) is 0 Å². The summed E-state index contributed by atoms with van der Waals surface area (Å²) in [5.41, 5.74) is 9.96. The molecule has 0 N–H and O–H groups in total. The SMILES string of the molecule is Cc1cc(C)cc(-[n+]2ccc(-c3cc[n+](-c4cc(C)cc(C)c4)cc3)cc2)c1.F[B-](F)(F)F.F[B-](F)(F)F. The summed E-state index contributed by atoms with van der Waals surface area (Å²) in [6, 6.07) is 21.9. The van der Waals surface area contributed by atoms with Gasteiger partial charge in [-0.1, -0.05) is 12.1 Å². The van der Waals surface area contributed by atoms with Crippen LogP contribution in [0.15, 0.2) is 85.5 Å². The lowest BCUT2D eigenvalue weighted by molar-refractivity contribution is -0.596. The van der Waals surface area contributed by atoms with Gasteiger partial charge in [0.15, 0.2) is 24.8 Å². The fourth-order valence-electron chi connectivity index (χ4n) is 3.78. The van der Waals surface area contributed by atoms with Gasteiger partial charge in [-0.15, -0.1) is 0 Å². The number of hydrogen-bond donors (Lipinski definition) is 0. The maximum Gasteiger partial charge on any atom is 0.673 e. The fourth-order valence-corrected chi connectivity index (χ4v) is 3.78. The smallest absolute Gasteiger partial charge is 0.418 e. The Balaban J connectivity index is 0.000000435. The second kappa shape index (κ2) is 12.7. The average Bonchev–Trinajstić information content (AvgIpc) is 2.76. The Bertz CT molecular complexity index is 1180. The highest BCUT2D eigenvalue weighted by Crippen LogP contribution is 2.18. The Morgan fingerprint density at radius 2 is 0.632 bits per heavy atom. The summed E-state index contributed by atoms with van der Waals surface area (Å²) >= 11 is 0. The van der Waals surface area contributed by atoms with E-state index in [1.54, 1.807) is 0 Å². The highest BCUT2D eigenvalue weighted by atomic mass is 19.5. The van der Waals surface area contributed by atoms with Crippen LogP contribution in [0.4, 0.5) is 34.5 Å². The van der Waals surface area contributed by atoms with Crippen LogP contribution in [0.2, 0.25) is 0 Å². The highest BCUT2D eigenvalue weighted by molar-refractivity contribution is 6.50. The number of aromatic nitrogens is 2. The third kappa shape index (κ3) is 11.6. The minimum atomic E-state index is -6.00. The van der Waals surface area contributed by atoms with Gasteiger partial charge < -0.3 is 34.5 Å². The molecule has 4 aromatic rings. The summed E-state index contributed by atoms with van der Waals surface area (Å²) in [7, 11) is -12.0. The molecule has 2 aromatic carbocycles. The molecule has 0 amide bonds. The minimum Gasteiger partial charge on any atom is -0.418 e. The predicted octanol–water partition coefficient (Wildman–Crippen LogP) is 7.74. The van der Waals surface area contributed by atoms with Crippen LogP contribution in [-0.4, -0.2) is 14.5 Å². The van der Waals surface area contributed by atoms with Gasteiger partial charge in [0.05, 0.1) is 0 Å². The highest BCUT2D eigenvalue weighted by Gasteiger charge is 2.21. The number of hydrogen-bond acceptors (Lipinski definition) is 0. The van der Waals surface area contributed by atoms with Gasteiger partial charge in [-0.3, -0.25) is 0 Å². The molecule has 0 aliphatic heterocycles. The molecule has 2 aromatic heterocycles. The first kappa shape index (κ1) is 30.5. The first-order valence-corrected chi connectivity index (χ1v) is 11.4. The van der Waals surface area contributed by atoms with Gasteiger partial charge in [0.1, 0.15) is 0 Å². The molecule has 0 spiro atoms. The van der Waals surface area contributed by atoms with Gasteiger partial charge in [-0.2, -0.15) is 9.13 Å². The quantitative estimate of drug-likeness (QED) is 0.143. The first-order chi connectivity index (χ1) is 17.5. The maximum atomic E-state index is 9.75. The van der Waals surface area contributed by atoms with Crippen LogP contribution in [0.3, 0.4) is 0 Å². The number of nitrogens with zero attached hydrogens (tertiary/aromatic N) is 2. The van der Waals surface area contributed by atoms with Gasteiger partial charge in [0.2, 0.25) is 11.4 Å². The van der Waals surface area contributed by atoms with Crippen LogP contribution < -0.4 is 9.13 Å². The average molecular weight is 540 g/mol. The lowest BCUT2D eigenvalue weighted by atomic mass is 10.1. The summed E-state index contributed by atoms with van der Waals surface area (Å²) in [5, 5.41) is 0. The molecule has 202 valence electrons. The Morgan fingerprint density at radius 1 is 0.421 bits per heavy atom. The van der Waals surface area contributed by atoms with Crippen molar-refractivity contribution in [1.82, 2.24) is 0 Å². The summed E-state index contributed by atoms with van der Waals surface area (Å²) in [5.74, 6) is 0. The third-order valence-corrected chi connectivity index (χ3v) is 5.00. The lowest BCUT2D eigenvalue weighted by Gasteiger charge is -2.03. The minimum absolute atomic E-state index is 1.20. The molecule has 2 nitrogen and oxygen atoms in total. The van der Waals surface area contributed by atoms with Crippen LogP contribution in [0.5, 0.6) is 0 Å². The molecule has 0 aliphatic carbocycles. The summed E-state index contributed by atoms with van der Waals surface area (Å²) in [4.78, 5) is 0. The molecule has 0 radical (unpaired) electrons. The second-order valence-electron chi connectivity index (χ2n) is 8.67. The van der Waals surface area contributed by atoms with Crippen molar-refractivity contribution in [2.45, 2.75) is 27.7 Å². The van der Waals surface area contributed by atoms with Crippen molar-refractivity contribution in [3.63, 3.8) is 0 Å². The third-order valence-electron chi connectivity index (χ3n) is 5.00. The second-order valence-corrected chi connectivity index (χ2v) is 8.67. The van der Waals surface area contributed by atoms with E-state index in [0.717, 1.165) is 0 Å². The molecular weight excluding hydrogens is 514 g/mol. The monoisotopic (exact) mass is 540 g/mol. The molecule has 0 bridgehead atoms. The first-order valence-electron chi connectivity index (χ1n) is 11.4. The largest absolute Gasteiger partial charge is 0.673 e. The van der Waals surface area contributed by atoms with E-state index in [1.807, 2.05) is 0 Å². The van der Waals surface area contributed by atoms with Crippen molar-refractivity contribution in [1.29, 1.82) is 0 Å². The number of aryl methyl sites for hydroxylation is 4. The van der Waals surface area contributed by atoms with Gasteiger partial charge >= 0.3 is 14.5 Å². The number of pyridine rings is 2. The van der Waals surface area contributed by atoms with E-state index in [2.05, 4.69) is 122 Å². The van der Waals surface area contributed by atoms with E-state index in [1.165, 1.54) is 44.8 Å². The van der Waals surface area contributed by atoms with Crippen LogP contribution in [0, 0.1) is 27.7 Å². The molecule has 0 saturated carbocycles. The van der Waals surface area contributed by atoms with Crippen molar-refractivity contribution in [2.75, 3.05) is 0 Å². The number of halogens is 8. The fraction of sp³-hybridized carbons (Fsp3) is 0.154. The molecule has 0 atom stereocenters. The molecule has 38 heavy (non-hydrogen) atoms. The van der Waals surface area contributed by atoms with Crippen molar-refractivity contribution in [2.24, 2.45) is 0 Å². The van der Waals surface area contributed by atoms with Gasteiger partial charge in [0.25, 0.3) is 0 Å². The maximum absolute atomic E-state index is 9.75. The zero-order valence-corrected chi connectivity index (χ0v) is 21.2. The Hall–Kier alpha value is -3.69. The Morgan fingerprint density at radius 3 is 0.842 bits per heavy atom. The zero-order chi connectivity index (χ0) is 28.7. The normalized spacial score (nSPS) is 11.2. The molecule has 0 unspecified atom stereocenters. The van der Waals surface area contributed by atoms with E-state index in [-0.39, 0.29) is 0 Å². The van der Waals surface area contributed by atoms with Crippen LogP contribution in [0.25, 0.3) is 22.5 Å². The molecule has 0 fully saturated rings. The Labute approximate surface area is 216 Å². The van der Waals surface area contributed by atoms with E-state index in [0.29, 0.717) is 0 Å². The van der Waals surface area contributed by atoms with Gasteiger partial charge in [-0.25, -0.2) is 0 Å². The van der Waals surface area contributed by atoms with E-state index >= 15 is 0 Å². The Kier molecular flexibility index (Phi) is 10.2. The zero-order valence-electron chi connectivity index (χ0n) is 21.2. The summed E-state index contributed by atoms with van der Waals surface area (Å²) < 4.78 is 82.3. The summed E-state index contributed by atoms with van der Waals surface area (Å²) in [6.45, 7) is 8.56. The summed E-state index contributed by atoms with van der Waals surface area (Å²) in [6.07, 6.45) is 8.53. The number of benzene rings is 2. The van der Waals surface area contributed by atoms with Crippen LogP contribution >= 0.6 is 0 Å². The standard InChI is InChI=1S/C26H26N2.2BF4/c1-19-13-20(2)16-25(15-19)27-9-5-23(6-10-27)24-7-11-28(12-8-24)26-17-21(3)14-22(4)18-26;2*2-1(3,4)5/h5-18H,1-4H3;;/q+2;2*-1. The molecule has 0 saturated heterocycles. The topological polar surface area (TPSA) is 7.76 Å². The van der Waals surface area contributed by atoms with E-state index < -0.39 is 14.5 Å². The van der Waals surface area contributed by atoms with Crippen molar-refractivity contribution < 1.29 is 43.7 Å². The number of rotatable bonds is 3. The predicted molar refractivity (Wildman–Crippen MR) is 134 cm³/mol. The molecular formula is C26H26B2F8N2. The van der Waals surface area contributed by atoms with E-state index in [4.69, 9.17) is 0 Å². The molecule has 4 rings (SSSR count).